The zero-order chi connectivity index (χ0) is 11.1. The van der Waals surface area contributed by atoms with Gasteiger partial charge in [0.05, 0.1) is 5.41 Å². The minimum Gasteiger partial charge on any atom is -0.296 e. The second-order valence-corrected chi connectivity index (χ2v) is 4.72. The lowest BCUT2D eigenvalue weighted by Gasteiger charge is -2.21. The molecule has 1 aliphatic heterocycles. The molecule has 0 aromatic heterocycles. The first-order valence-corrected chi connectivity index (χ1v) is 5.42. The molecule has 1 heterocycles. The van der Waals surface area contributed by atoms with E-state index in [1.54, 1.807) is 6.92 Å². The summed E-state index contributed by atoms with van der Waals surface area (Å²) in [6, 6.07) is 7.48. The van der Waals surface area contributed by atoms with Gasteiger partial charge in [0, 0.05) is 10.9 Å². The SMILES string of the molecule is CC1(c2ccccc2Br)CC(=O)NC1=O. The Kier molecular flexibility index (Phi) is 2.38. The summed E-state index contributed by atoms with van der Waals surface area (Å²) in [6.45, 7) is 1.79. The summed E-state index contributed by atoms with van der Waals surface area (Å²) in [5, 5.41) is 2.33. The molecule has 1 aromatic rings. The van der Waals surface area contributed by atoms with Crippen LogP contribution in [-0.2, 0) is 15.0 Å². The lowest BCUT2D eigenvalue weighted by Crippen LogP contribution is -2.32. The van der Waals surface area contributed by atoms with Gasteiger partial charge in [-0.25, -0.2) is 0 Å². The molecule has 2 amide bonds. The average molecular weight is 268 g/mol. The lowest BCUT2D eigenvalue weighted by molar-refractivity contribution is -0.126. The third-order valence-corrected chi connectivity index (χ3v) is 3.43. The summed E-state index contributed by atoms with van der Waals surface area (Å²) in [6.07, 6.45) is 0.217. The van der Waals surface area contributed by atoms with Crippen LogP contribution in [0.2, 0.25) is 0 Å². The Morgan fingerprint density at radius 1 is 1.33 bits per heavy atom. The molecule has 1 atom stereocenters. The number of halogens is 1. The van der Waals surface area contributed by atoms with Gasteiger partial charge in [-0.2, -0.15) is 0 Å². The number of hydrogen-bond acceptors (Lipinski definition) is 2. The average Bonchev–Trinajstić information content (AvgIpc) is 2.42. The number of amides is 2. The van der Waals surface area contributed by atoms with E-state index in [2.05, 4.69) is 21.2 Å². The third kappa shape index (κ3) is 1.59. The summed E-state index contributed by atoms with van der Waals surface area (Å²) in [5.74, 6) is -0.433. The molecule has 0 aliphatic carbocycles. The molecule has 2 rings (SSSR count). The van der Waals surface area contributed by atoms with Gasteiger partial charge in [-0.1, -0.05) is 34.1 Å². The van der Waals surface area contributed by atoms with E-state index in [9.17, 15) is 9.59 Å². The maximum atomic E-state index is 11.7. The second kappa shape index (κ2) is 3.45. The molecule has 1 aromatic carbocycles. The van der Waals surface area contributed by atoms with Gasteiger partial charge >= 0.3 is 0 Å². The monoisotopic (exact) mass is 267 g/mol. The van der Waals surface area contributed by atoms with E-state index in [1.165, 1.54) is 0 Å². The van der Waals surface area contributed by atoms with Crippen LogP contribution in [-0.4, -0.2) is 11.8 Å². The van der Waals surface area contributed by atoms with Crippen molar-refractivity contribution in [3.05, 3.63) is 34.3 Å². The number of benzene rings is 1. The topological polar surface area (TPSA) is 46.2 Å². The fourth-order valence-electron chi connectivity index (χ4n) is 1.84. The number of hydrogen-bond donors (Lipinski definition) is 1. The molecule has 1 aliphatic rings. The molecule has 4 heteroatoms. The molecule has 78 valence electrons. The van der Waals surface area contributed by atoms with Gasteiger partial charge in [0.15, 0.2) is 0 Å². The highest BCUT2D eigenvalue weighted by Gasteiger charge is 2.44. The highest BCUT2D eigenvalue weighted by atomic mass is 79.9. The van der Waals surface area contributed by atoms with Crippen molar-refractivity contribution in [1.29, 1.82) is 0 Å². The Morgan fingerprint density at radius 2 is 2.00 bits per heavy atom. The Morgan fingerprint density at radius 3 is 2.53 bits per heavy atom. The predicted molar refractivity (Wildman–Crippen MR) is 59.3 cm³/mol. The normalized spacial score (nSPS) is 25.5. The molecule has 0 saturated carbocycles. The molecule has 3 nitrogen and oxygen atoms in total. The van der Waals surface area contributed by atoms with Crippen molar-refractivity contribution in [3.63, 3.8) is 0 Å². The zero-order valence-corrected chi connectivity index (χ0v) is 9.80. The first-order valence-electron chi connectivity index (χ1n) is 4.63. The van der Waals surface area contributed by atoms with Crippen LogP contribution in [0.15, 0.2) is 28.7 Å². The number of nitrogens with one attached hydrogen (secondary N) is 1. The van der Waals surface area contributed by atoms with Gasteiger partial charge in [0.25, 0.3) is 0 Å². The molecule has 15 heavy (non-hydrogen) atoms. The molecule has 1 unspecified atom stereocenters. The molecule has 0 radical (unpaired) electrons. The standard InChI is InChI=1S/C11H10BrNO2/c1-11(6-9(14)13-10(11)15)7-4-2-3-5-8(7)12/h2-5H,6H2,1H3,(H,13,14,15). The van der Waals surface area contributed by atoms with Crippen LogP contribution >= 0.6 is 15.9 Å². The molecule has 1 N–H and O–H groups in total. The van der Waals surface area contributed by atoms with Crippen LogP contribution in [0.4, 0.5) is 0 Å². The van der Waals surface area contributed by atoms with Crippen molar-refractivity contribution in [3.8, 4) is 0 Å². The highest BCUT2D eigenvalue weighted by molar-refractivity contribution is 9.10. The van der Waals surface area contributed by atoms with Crippen molar-refractivity contribution in [2.45, 2.75) is 18.8 Å². The summed E-state index contributed by atoms with van der Waals surface area (Å²) < 4.78 is 0.859. The maximum absolute atomic E-state index is 11.7. The van der Waals surface area contributed by atoms with Crippen LogP contribution in [0.5, 0.6) is 0 Å². The Hall–Kier alpha value is -1.16. The van der Waals surface area contributed by atoms with Crippen molar-refractivity contribution >= 4 is 27.7 Å². The van der Waals surface area contributed by atoms with Crippen LogP contribution in [0.25, 0.3) is 0 Å². The Balaban J connectivity index is 2.51. The van der Waals surface area contributed by atoms with Crippen molar-refractivity contribution in [2.75, 3.05) is 0 Å². The second-order valence-electron chi connectivity index (χ2n) is 3.87. The van der Waals surface area contributed by atoms with Gasteiger partial charge in [0.2, 0.25) is 11.8 Å². The van der Waals surface area contributed by atoms with Crippen LogP contribution in [0.3, 0.4) is 0 Å². The molecular formula is C11H10BrNO2. The van der Waals surface area contributed by atoms with Gasteiger partial charge in [-0.05, 0) is 18.6 Å². The molecular weight excluding hydrogens is 258 g/mol. The van der Waals surface area contributed by atoms with Gasteiger partial charge in [0.1, 0.15) is 0 Å². The van der Waals surface area contributed by atoms with Gasteiger partial charge < -0.3 is 0 Å². The summed E-state index contributed by atoms with van der Waals surface area (Å²) in [7, 11) is 0. The smallest absolute Gasteiger partial charge is 0.237 e. The largest absolute Gasteiger partial charge is 0.296 e. The Bertz CT molecular complexity index is 444. The molecule has 1 saturated heterocycles. The summed E-state index contributed by atoms with van der Waals surface area (Å²) in [5.41, 5.74) is 0.116. The number of carbonyl (C=O) groups excluding carboxylic acids is 2. The molecule has 0 bridgehead atoms. The van der Waals surface area contributed by atoms with Crippen LogP contribution in [0.1, 0.15) is 18.9 Å². The van der Waals surface area contributed by atoms with E-state index in [0.29, 0.717) is 0 Å². The predicted octanol–water partition coefficient (Wildman–Crippen LogP) is 1.75. The number of imide groups is 1. The van der Waals surface area contributed by atoms with Crippen LogP contribution < -0.4 is 5.32 Å². The summed E-state index contributed by atoms with van der Waals surface area (Å²) >= 11 is 3.40. The van der Waals surface area contributed by atoms with Crippen molar-refractivity contribution in [2.24, 2.45) is 0 Å². The first-order chi connectivity index (χ1) is 7.04. The van der Waals surface area contributed by atoms with E-state index in [1.807, 2.05) is 24.3 Å². The number of rotatable bonds is 1. The molecule has 0 spiro atoms. The third-order valence-electron chi connectivity index (χ3n) is 2.74. The van der Waals surface area contributed by atoms with Crippen LogP contribution in [0, 0.1) is 0 Å². The van der Waals surface area contributed by atoms with E-state index in [0.717, 1.165) is 10.0 Å². The van der Waals surface area contributed by atoms with Crippen molar-refractivity contribution < 1.29 is 9.59 Å². The fraction of sp³-hybridized carbons (Fsp3) is 0.273. The quantitative estimate of drug-likeness (QED) is 0.789. The maximum Gasteiger partial charge on any atom is 0.237 e. The molecule has 1 fully saturated rings. The first kappa shape index (κ1) is 10.4. The highest BCUT2D eigenvalue weighted by Crippen LogP contribution is 2.36. The van der Waals surface area contributed by atoms with Gasteiger partial charge in [-0.15, -0.1) is 0 Å². The van der Waals surface area contributed by atoms with E-state index >= 15 is 0 Å². The van der Waals surface area contributed by atoms with Crippen molar-refractivity contribution in [1.82, 2.24) is 5.32 Å². The van der Waals surface area contributed by atoms with Gasteiger partial charge in [-0.3, -0.25) is 14.9 Å². The minimum absolute atomic E-state index is 0.210. The summed E-state index contributed by atoms with van der Waals surface area (Å²) in [4.78, 5) is 22.9. The fourth-order valence-corrected chi connectivity index (χ4v) is 2.56. The van der Waals surface area contributed by atoms with E-state index in [-0.39, 0.29) is 18.2 Å². The Labute approximate surface area is 96.0 Å². The lowest BCUT2D eigenvalue weighted by atomic mass is 9.81. The number of carbonyl (C=O) groups is 2. The van der Waals surface area contributed by atoms with E-state index in [4.69, 9.17) is 0 Å². The zero-order valence-electron chi connectivity index (χ0n) is 8.21. The minimum atomic E-state index is -0.739. The van der Waals surface area contributed by atoms with E-state index < -0.39 is 5.41 Å².